The predicted molar refractivity (Wildman–Crippen MR) is 116 cm³/mol. The number of nitrogens with one attached hydrogen (secondary N) is 1. The SMILES string of the molecule is O=C(CSc1nnc(C2CC2)n1CC1CCCO1)Nc1nnc(C2CCCCC2)s1. The van der Waals surface area contributed by atoms with Gasteiger partial charge in [-0.25, -0.2) is 0 Å². The molecule has 1 aliphatic heterocycles. The Balaban J connectivity index is 1.18. The van der Waals surface area contributed by atoms with Crippen LogP contribution < -0.4 is 5.32 Å². The van der Waals surface area contributed by atoms with Crippen LogP contribution in [0.15, 0.2) is 5.16 Å². The first-order valence-electron chi connectivity index (χ1n) is 11.1. The zero-order valence-electron chi connectivity index (χ0n) is 17.1. The van der Waals surface area contributed by atoms with E-state index in [1.165, 1.54) is 68.0 Å². The highest BCUT2D eigenvalue weighted by Crippen LogP contribution is 2.40. The highest BCUT2D eigenvalue weighted by Gasteiger charge is 2.32. The van der Waals surface area contributed by atoms with E-state index < -0.39 is 0 Å². The van der Waals surface area contributed by atoms with Gasteiger partial charge < -0.3 is 9.30 Å². The topological polar surface area (TPSA) is 94.8 Å². The van der Waals surface area contributed by atoms with Crippen LogP contribution in [0.2, 0.25) is 0 Å². The van der Waals surface area contributed by atoms with Crippen LogP contribution in [-0.4, -0.2) is 49.3 Å². The molecule has 8 nitrogen and oxygen atoms in total. The zero-order valence-corrected chi connectivity index (χ0v) is 18.7. The summed E-state index contributed by atoms with van der Waals surface area (Å²) in [6, 6.07) is 0. The van der Waals surface area contributed by atoms with Crippen LogP contribution in [-0.2, 0) is 16.1 Å². The molecule has 0 spiro atoms. The highest BCUT2D eigenvalue weighted by molar-refractivity contribution is 7.99. The van der Waals surface area contributed by atoms with Crippen molar-refractivity contribution in [3.63, 3.8) is 0 Å². The van der Waals surface area contributed by atoms with Crippen molar-refractivity contribution < 1.29 is 9.53 Å². The number of ether oxygens (including phenoxy) is 1. The molecule has 3 aliphatic rings. The summed E-state index contributed by atoms with van der Waals surface area (Å²) < 4.78 is 7.99. The second-order valence-electron chi connectivity index (χ2n) is 8.48. The molecule has 0 aromatic carbocycles. The second-order valence-corrected chi connectivity index (χ2v) is 10.4. The van der Waals surface area contributed by atoms with Crippen molar-refractivity contribution in [2.45, 2.75) is 87.4 Å². The number of nitrogens with zero attached hydrogens (tertiary/aromatic N) is 5. The molecule has 3 fully saturated rings. The Kier molecular flexibility index (Phi) is 6.33. The largest absolute Gasteiger partial charge is 0.376 e. The summed E-state index contributed by atoms with van der Waals surface area (Å²) >= 11 is 2.95. The minimum absolute atomic E-state index is 0.0778. The van der Waals surface area contributed by atoms with E-state index in [0.29, 0.717) is 17.0 Å². The molecule has 1 unspecified atom stereocenters. The lowest BCUT2D eigenvalue weighted by Gasteiger charge is -2.18. The molecule has 2 aliphatic carbocycles. The van der Waals surface area contributed by atoms with Gasteiger partial charge in [0.2, 0.25) is 11.0 Å². The summed E-state index contributed by atoms with van der Waals surface area (Å²) in [5, 5.41) is 22.7. The summed E-state index contributed by atoms with van der Waals surface area (Å²) in [6.07, 6.45) is 11.0. The van der Waals surface area contributed by atoms with Crippen molar-refractivity contribution in [2.75, 3.05) is 17.7 Å². The van der Waals surface area contributed by atoms with E-state index >= 15 is 0 Å². The van der Waals surface area contributed by atoms with E-state index in [2.05, 4.69) is 30.3 Å². The summed E-state index contributed by atoms with van der Waals surface area (Å²) in [6.45, 7) is 1.62. The molecule has 1 N–H and O–H groups in total. The van der Waals surface area contributed by atoms with E-state index in [9.17, 15) is 4.79 Å². The molecule has 162 valence electrons. The smallest absolute Gasteiger partial charge is 0.236 e. The number of thioether (sulfide) groups is 1. The molecule has 1 amide bonds. The van der Waals surface area contributed by atoms with Crippen LogP contribution in [0.1, 0.15) is 80.5 Å². The lowest BCUT2D eigenvalue weighted by molar-refractivity contribution is -0.113. The molecule has 30 heavy (non-hydrogen) atoms. The highest BCUT2D eigenvalue weighted by atomic mass is 32.2. The Bertz CT molecular complexity index is 869. The molecule has 3 heterocycles. The molecular formula is C20H28N6O2S2. The molecule has 1 saturated heterocycles. The van der Waals surface area contributed by atoms with E-state index in [1.54, 1.807) is 0 Å². The first-order chi connectivity index (χ1) is 14.8. The Labute approximate surface area is 184 Å². The van der Waals surface area contributed by atoms with Crippen LogP contribution in [0.25, 0.3) is 0 Å². The van der Waals surface area contributed by atoms with Gasteiger partial charge in [0.05, 0.1) is 18.4 Å². The third kappa shape index (κ3) is 4.86. The van der Waals surface area contributed by atoms with Gasteiger partial charge in [-0.1, -0.05) is 42.4 Å². The Morgan fingerprint density at radius 3 is 2.67 bits per heavy atom. The number of carbonyl (C=O) groups excluding carboxylic acids is 1. The number of aromatic nitrogens is 5. The van der Waals surface area contributed by atoms with Crippen molar-refractivity contribution in [1.29, 1.82) is 0 Å². The summed E-state index contributed by atoms with van der Waals surface area (Å²) in [4.78, 5) is 12.5. The van der Waals surface area contributed by atoms with Gasteiger partial charge in [0, 0.05) is 18.4 Å². The zero-order chi connectivity index (χ0) is 20.3. The molecule has 2 aromatic heterocycles. The maximum Gasteiger partial charge on any atom is 0.236 e. The normalized spacial score (nSPS) is 22.5. The Morgan fingerprint density at radius 2 is 1.90 bits per heavy atom. The first kappa shape index (κ1) is 20.4. The molecule has 10 heteroatoms. The molecule has 0 radical (unpaired) electrons. The van der Waals surface area contributed by atoms with Gasteiger partial charge in [-0.3, -0.25) is 10.1 Å². The van der Waals surface area contributed by atoms with Gasteiger partial charge in [-0.05, 0) is 38.5 Å². The van der Waals surface area contributed by atoms with Gasteiger partial charge in [0.15, 0.2) is 5.16 Å². The van der Waals surface area contributed by atoms with Gasteiger partial charge in [0.1, 0.15) is 10.8 Å². The number of hydrogen-bond acceptors (Lipinski definition) is 8. The lowest BCUT2D eigenvalue weighted by atomic mass is 9.90. The number of carbonyl (C=O) groups is 1. The van der Waals surface area contributed by atoms with Crippen LogP contribution in [0.5, 0.6) is 0 Å². The standard InChI is InChI=1S/C20H28N6O2S2/c27-16(21-19-24-23-18(30-19)14-5-2-1-3-6-14)12-29-20-25-22-17(13-8-9-13)26(20)11-15-7-4-10-28-15/h13-15H,1-12H2,(H,21,24,27). The molecule has 0 bridgehead atoms. The molecule has 1 atom stereocenters. The van der Waals surface area contributed by atoms with Crippen LogP contribution in [0.3, 0.4) is 0 Å². The lowest BCUT2D eigenvalue weighted by Crippen LogP contribution is -2.19. The van der Waals surface area contributed by atoms with Crippen molar-refractivity contribution >= 4 is 34.1 Å². The minimum atomic E-state index is -0.0778. The number of rotatable bonds is 8. The maximum absolute atomic E-state index is 12.5. The van der Waals surface area contributed by atoms with E-state index in [4.69, 9.17) is 4.74 Å². The predicted octanol–water partition coefficient (Wildman–Crippen LogP) is 3.96. The molecular weight excluding hydrogens is 420 g/mol. The second kappa shape index (κ2) is 9.32. The summed E-state index contributed by atoms with van der Waals surface area (Å²) in [7, 11) is 0. The summed E-state index contributed by atoms with van der Waals surface area (Å²) in [5.74, 6) is 2.28. The van der Waals surface area contributed by atoms with Gasteiger partial charge in [-0.2, -0.15) is 0 Å². The molecule has 5 rings (SSSR count). The fraction of sp³-hybridized carbons (Fsp3) is 0.750. The Morgan fingerprint density at radius 1 is 1.03 bits per heavy atom. The van der Waals surface area contributed by atoms with Gasteiger partial charge in [-0.15, -0.1) is 20.4 Å². The first-order valence-corrected chi connectivity index (χ1v) is 12.9. The monoisotopic (exact) mass is 448 g/mol. The van der Waals surface area contributed by atoms with Crippen LogP contribution in [0.4, 0.5) is 5.13 Å². The average molecular weight is 449 g/mol. The third-order valence-electron chi connectivity index (χ3n) is 6.07. The number of amides is 1. The minimum Gasteiger partial charge on any atom is -0.376 e. The fourth-order valence-electron chi connectivity index (χ4n) is 4.30. The van der Waals surface area contributed by atoms with Crippen molar-refractivity contribution in [2.24, 2.45) is 0 Å². The summed E-state index contributed by atoms with van der Waals surface area (Å²) in [5.41, 5.74) is 0. The molecule has 2 saturated carbocycles. The number of anilines is 1. The van der Waals surface area contributed by atoms with Crippen LogP contribution in [0, 0.1) is 0 Å². The van der Waals surface area contributed by atoms with Crippen LogP contribution >= 0.6 is 23.1 Å². The third-order valence-corrected chi connectivity index (χ3v) is 8.04. The van der Waals surface area contributed by atoms with E-state index in [-0.39, 0.29) is 17.8 Å². The van der Waals surface area contributed by atoms with Crippen molar-refractivity contribution in [1.82, 2.24) is 25.0 Å². The molecule has 2 aromatic rings. The quantitative estimate of drug-likeness (QED) is 0.611. The fourth-order valence-corrected chi connectivity index (χ4v) is 5.98. The number of hydrogen-bond donors (Lipinski definition) is 1. The van der Waals surface area contributed by atoms with Gasteiger partial charge in [0.25, 0.3) is 0 Å². The van der Waals surface area contributed by atoms with E-state index in [1.807, 2.05) is 0 Å². The van der Waals surface area contributed by atoms with E-state index in [0.717, 1.165) is 42.0 Å². The van der Waals surface area contributed by atoms with Gasteiger partial charge >= 0.3 is 0 Å². The Hall–Kier alpha value is -1.52. The van der Waals surface area contributed by atoms with Crippen molar-refractivity contribution in [3.8, 4) is 0 Å². The maximum atomic E-state index is 12.5. The average Bonchev–Trinajstić information content (AvgIpc) is 3.15. The van der Waals surface area contributed by atoms with Crippen molar-refractivity contribution in [3.05, 3.63) is 10.8 Å².